The number of aromatic nitrogens is 1. The zero-order valence-corrected chi connectivity index (χ0v) is 13.4. The maximum Gasteiger partial charge on any atom is 0.254 e. The van der Waals surface area contributed by atoms with Crippen molar-refractivity contribution in [2.75, 3.05) is 12.4 Å². The molecule has 0 radical (unpaired) electrons. The quantitative estimate of drug-likeness (QED) is 0.793. The van der Waals surface area contributed by atoms with Crippen molar-refractivity contribution in [2.24, 2.45) is 5.92 Å². The molecule has 0 saturated heterocycles. The Bertz CT molecular complexity index is 461. The molecule has 1 aromatic heterocycles. The number of aliphatic hydroxyl groups is 1. The molecule has 0 bridgehead atoms. The number of carbonyl (C=O) groups excluding carboxylic acids is 1. The Morgan fingerprint density at radius 2 is 2.24 bits per heavy atom. The van der Waals surface area contributed by atoms with Crippen molar-refractivity contribution in [3.05, 3.63) is 23.9 Å². The number of aliphatic hydroxyl groups excluding tert-OH is 1. The van der Waals surface area contributed by atoms with Crippen LogP contribution in [0, 0.1) is 5.92 Å². The van der Waals surface area contributed by atoms with Crippen LogP contribution in [0.1, 0.15) is 49.4 Å². The summed E-state index contributed by atoms with van der Waals surface area (Å²) in [4.78, 5) is 16.6. The molecular formula is C16H24N2O2S. The summed E-state index contributed by atoms with van der Waals surface area (Å²) >= 11 is 1.68. The molecular weight excluding hydrogens is 284 g/mol. The smallest absolute Gasteiger partial charge is 0.254 e. The van der Waals surface area contributed by atoms with E-state index in [9.17, 15) is 4.79 Å². The van der Waals surface area contributed by atoms with Crippen LogP contribution in [0.25, 0.3) is 0 Å². The summed E-state index contributed by atoms with van der Waals surface area (Å²) in [7, 11) is 0. The van der Waals surface area contributed by atoms with E-state index in [-0.39, 0.29) is 18.6 Å². The lowest BCUT2D eigenvalue weighted by atomic mass is 9.91. The summed E-state index contributed by atoms with van der Waals surface area (Å²) in [6, 6.07) is 3.34. The number of thioether (sulfide) groups is 1. The van der Waals surface area contributed by atoms with Crippen molar-refractivity contribution in [3.63, 3.8) is 0 Å². The van der Waals surface area contributed by atoms with Crippen molar-refractivity contribution in [2.45, 2.75) is 50.1 Å². The van der Waals surface area contributed by atoms with Gasteiger partial charge >= 0.3 is 0 Å². The van der Waals surface area contributed by atoms with Gasteiger partial charge in [-0.3, -0.25) is 4.79 Å². The molecule has 1 aromatic rings. The monoisotopic (exact) mass is 308 g/mol. The van der Waals surface area contributed by atoms with E-state index in [1.807, 2.05) is 0 Å². The first-order chi connectivity index (χ1) is 10.2. The second-order valence-electron chi connectivity index (χ2n) is 5.73. The average Bonchev–Trinajstić information content (AvgIpc) is 2.54. The van der Waals surface area contributed by atoms with Gasteiger partial charge in [-0.15, -0.1) is 11.8 Å². The van der Waals surface area contributed by atoms with Crippen LogP contribution in [0.15, 0.2) is 23.4 Å². The van der Waals surface area contributed by atoms with Crippen LogP contribution in [-0.4, -0.2) is 34.4 Å². The first-order valence-corrected chi connectivity index (χ1v) is 8.68. The van der Waals surface area contributed by atoms with Gasteiger partial charge in [0.25, 0.3) is 5.91 Å². The molecule has 2 N–H and O–H groups in total. The molecule has 1 fully saturated rings. The molecule has 1 atom stereocenters. The third-order valence-corrected chi connectivity index (χ3v) is 5.08. The van der Waals surface area contributed by atoms with E-state index in [2.05, 4.69) is 10.3 Å². The van der Waals surface area contributed by atoms with Gasteiger partial charge in [0, 0.05) is 18.0 Å². The number of nitrogens with one attached hydrogen (secondary N) is 1. The van der Waals surface area contributed by atoms with Gasteiger partial charge in [-0.05, 0) is 37.8 Å². The van der Waals surface area contributed by atoms with Crippen molar-refractivity contribution >= 4 is 17.7 Å². The standard InChI is InChI=1S/C16H24N2O2S/c1-12(10-19)18-15(20)14-8-5-9-17-16(14)21-11-13-6-3-2-4-7-13/h5,8-9,12-13,19H,2-4,6-7,10-11H2,1H3,(H,18,20). The third-order valence-electron chi connectivity index (χ3n) is 3.85. The molecule has 1 aliphatic rings. The average molecular weight is 308 g/mol. The lowest BCUT2D eigenvalue weighted by molar-refractivity contribution is 0.0918. The van der Waals surface area contributed by atoms with E-state index in [1.54, 1.807) is 37.0 Å². The summed E-state index contributed by atoms with van der Waals surface area (Å²) in [6.45, 7) is 1.72. The van der Waals surface area contributed by atoms with E-state index >= 15 is 0 Å². The molecule has 4 nitrogen and oxygen atoms in total. The van der Waals surface area contributed by atoms with Gasteiger partial charge < -0.3 is 10.4 Å². The highest BCUT2D eigenvalue weighted by molar-refractivity contribution is 7.99. The minimum absolute atomic E-state index is 0.0590. The van der Waals surface area contributed by atoms with Crippen LogP contribution in [-0.2, 0) is 0 Å². The highest BCUT2D eigenvalue weighted by Gasteiger charge is 2.18. The van der Waals surface area contributed by atoms with Crippen LogP contribution >= 0.6 is 11.8 Å². The zero-order chi connectivity index (χ0) is 15.1. The van der Waals surface area contributed by atoms with E-state index in [0.29, 0.717) is 5.56 Å². The highest BCUT2D eigenvalue weighted by atomic mass is 32.2. The minimum Gasteiger partial charge on any atom is -0.394 e. The molecule has 0 aromatic carbocycles. The number of amides is 1. The Kier molecular flexibility index (Phi) is 6.51. The zero-order valence-electron chi connectivity index (χ0n) is 12.5. The van der Waals surface area contributed by atoms with Crippen molar-refractivity contribution in [3.8, 4) is 0 Å². The van der Waals surface area contributed by atoms with Crippen molar-refractivity contribution in [1.29, 1.82) is 0 Å². The van der Waals surface area contributed by atoms with E-state index in [1.165, 1.54) is 32.1 Å². The number of pyridine rings is 1. The summed E-state index contributed by atoms with van der Waals surface area (Å²) < 4.78 is 0. The summed E-state index contributed by atoms with van der Waals surface area (Å²) in [5.41, 5.74) is 0.610. The molecule has 0 aliphatic heterocycles. The molecule has 1 unspecified atom stereocenters. The predicted octanol–water partition coefficient (Wildman–Crippen LogP) is 2.86. The SMILES string of the molecule is CC(CO)NC(=O)c1cccnc1SCC1CCCCC1. The highest BCUT2D eigenvalue weighted by Crippen LogP contribution is 2.30. The number of nitrogens with zero attached hydrogens (tertiary/aromatic N) is 1. The van der Waals surface area contributed by atoms with Crippen LogP contribution in [0.2, 0.25) is 0 Å². The molecule has 1 saturated carbocycles. The van der Waals surface area contributed by atoms with Gasteiger partial charge in [-0.1, -0.05) is 19.3 Å². The number of hydrogen-bond acceptors (Lipinski definition) is 4. The molecule has 1 aliphatic carbocycles. The van der Waals surface area contributed by atoms with Crippen LogP contribution in [0.4, 0.5) is 0 Å². The Labute approximate surface area is 130 Å². The second-order valence-corrected chi connectivity index (χ2v) is 6.74. The van der Waals surface area contributed by atoms with Gasteiger partial charge in [-0.25, -0.2) is 4.98 Å². The first kappa shape index (κ1) is 16.3. The topological polar surface area (TPSA) is 62.2 Å². The Hall–Kier alpha value is -1.07. The van der Waals surface area contributed by atoms with Crippen molar-refractivity contribution in [1.82, 2.24) is 10.3 Å². The van der Waals surface area contributed by atoms with Gasteiger partial charge in [0.05, 0.1) is 12.2 Å². The van der Waals surface area contributed by atoms with Crippen LogP contribution in [0.5, 0.6) is 0 Å². The molecule has 2 rings (SSSR count). The van der Waals surface area contributed by atoms with Crippen LogP contribution < -0.4 is 5.32 Å². The normalized spacial score (nSPS) is 17.4. The van der Waals surface area contributed by atoms with Gasteiger partial charge in [0.1, 0.15) is 5.03 Å². The lowest BCUT2D eigenvalue weighted by Crippen LogP contribution is -2.35. The van der Waals surface area contributed by atoms with Gasteiger partial charge in [0.2, 0.25) is 0 Å². The largest absolute Gasteiger partial charge is 0.394 e. The Morgan fingerprint density at radius 3 is 2.95 bits per heavy atom. The fourth-order valence-corrected chi connectivity index (χ4v) is 3.75. The number of hydrogen-bond donors (Lipinski definition) is 2. The summed E-state index contributed by atoms with van der Waals surface area (Å²) in [5, 5.41) is 12.6. The third kappa shape index (κ3) is 5.00. The van der Waals surface area contributed by atoms with E-state index in [0.717, 1.165) is 16.7 Å². The lowest BCUT2D eigenvalue weighted by Gasteiger charge is -2.21. The fraction of sp³-hybridized carbons (Fsp3) is 0.625. The van der Waals surface area contributed by atoms with Crippen LogP contribution in [0.3, 0.4) is 0 Å². The maximum absolute atomic E-state index is 12.2. The Balaban J connectivity index is 1.97. The molecule has 1 amide bonds. The summed E-state index contributed by atoms with van der Waals surface area (Å²) in [6.07, 6.45) is 8.34. The first-order valence-electron chi connectivity index (χ1n) is 7.70. The number of rotatable bonds is 6. The molecule has 5 heteroatoms. The summed E-state index contributed by atoms with van der Waals surface area (Å²) in [5.74, 6) is 1.63. The fourth-order valence-electron chi connectivity index (χ4n) is 2.58. The van der Waals surface area contributed by atoms with Gasteiger partial charge in [0.15, 0.2) is 0 Å². The van der Waals surface area contributed by atoms with Gasteiger partial charge in [-0.2, -0.15) is 0 Å². The predicted molar refractivity (Wildman–Crippen MR) is 85.6 cm³/mol. The molecule has 0 spiro atoms. The molecule has 21 heavy (non-hydrogen) atoms. The maximum atomic E-state index is 12.2. The Morgan fingerprint density at radius 1 is 1.48 bits per heavy atom. The van der Waals surface area contributed by atoms with E-state index in [4.69, 9.17) is 5.11 Å². The van der Waals surface area contributed by atoms with Crippen molar-refractivity contribution < 1.29 is 9.90 Å². The second kappa shape index (κ2) is 8.39. The number of carbonyl (C=O) groups is 1. The van der Waals surface area contributed by atoms with E-state index < -0.39 is 0 Å². The molecule has 1 heterocycles. The molecule has 116 valence electrons. The minimum atomic E-state index is -0.242.